The molecule has 2 aromatic rings. The molecule has 2 rings (SSSR count). The molecule has 0 aromatic heterocycles. The Morgan fingerprint density at radius 1 is 1.25 bits per heavy atom. The minimum atomic E-state index is -0.931. The molecule has 2 aromatic carbocycles. The van der Waals surface area contributed by atoms with Gasteiger partial charge in [0.1, 0.15) is 0 Å². The monoisotopic (exact) mass is 387 g/mol. The molecule has 1 N–H and O–H groups in total. The van der Waals surface area contributed by atoms with Gasteiger partial charge in [0.25, 0.3) is 0 Å². The highest BCUT2D eigenvalue weighted by Crippen LogP contribution is 2.19. The van der Waals surface area contributed by atoms with Crippen LogP contribution < -0.4 is 5.32 Å². The van der Waals surface area contributed by atoms with Crippen molar-refractivity contribution in [1.29, 1.82) is 0 Å². The Kier molecular flexibility index (Phi) is 7.26. The molecule has 0 aliphatic rings. The number of amides is 1. The standard InChI is InChI=1S/C21H23F2N3O2/c1-14-6-5-7-19(15(14)2)25-13-26(12-20(28-4)21(27)24-3)11-16-8-9-17(22)18(23)10-16/h5-10,12,25H,3,11,13H2,1-2,4H3/b20-12+. The molecule has 7 heteroatoms. The van der Waals surface area contributed by atoms with Crippen molar-refractivity contribution < 1.29 is 18.3 Å². The minimum absolute atomic E-state index is 0.0136. The summed E-state index contributed by atoms with van der Waals surface area (Å²) in [4.78, 5) is 16.9. The molecule has 0 heterocycles. The molecule has 0 bridgehead atoms. The number of aliphatic imine (C=N–C) groups is 1. The first-order valence-corrected chi connectivity index (χ1v) is 8.60. The van der Waals surface area contributed by atoms with Gasteiger partial charge in [-0.05, 0) is 55.5 Å². The van der Waals surface area contributed by atoms with E-state index < -0.39 is 17.5 Å². The van der Waals surface area contributed by atoms with E-state index in [1.807, 2.05) is 32.0 Å². The predicted octanol–water partition coefficient (Wildman–Crippen LogP) is 4.17. The van der Waals surface area contributed by atoms with Gasteiger partial charge in [0, 0.05) is 18.4 Å². The van der Waals surface area contributed by atoms with Gasteiger partial charge in [0.2, 0.25) is 5.76 Å². The predicted molar refractivity (Wildman–Crippen MR) is 106 cm³/mol. The number of methoxy groups -OCH3 is 1. The Morgan fingerprint density at radius 2 is 2.00 bits per heavy atom. The number of rotatable bonds is 8. The fourth-order valence-corrected chi connectivity index (χ4v) is 2.59. The van der Waals surface area contributed by atoms with Crippen molar-refractivity contribution in [1.82, 2.24) is 4.90 Å². The summed E-state index contributed by atoms with van der Waals surface area (Å²) in [6, 6.07) is 9.56. The molecule has 0 unspecified atom stereocenters. The van der Waals surface area contributed by atoms with Crippen molar-refractivity contribution in [2.75, 3.05) is 19.1 Å². The lowest BCUT2D eigenvalue weighted by Gasteiger charge is -2.23. The smallest absolute Gasteiger partial charge is 0.312 e. The van der Waals surface area contributed by atoms with Gasteiger partial charge in [-0.25, -0.2) is 13.8 Å². The molecule has 0 saturated heterocycles. The van der Waals surface area contributed by atoms with Gasteiger partial charge in [-0.2, -0.15) is 0 Å². The van der Waals surface area contributed by atoms with Crippen molar-refractivity contribution in [3.05, 3.63) is 76.7 Å². The number of hydrogen-bond acceptors (Lipinski definition) is 4. The number of nitrogens with one attached hydrogen (secondary N) is 1. The maximum Gasteiger partial charge on any atom is 0.312 e. The number of nitrogens with zero attached hydrogens (tertiary/aromatic N) is 2. The summed E-state index contributed by atoms with van der Waals surface area (Å²) in [5.41, 5.74) is 3.69. The normalized spacial score (nSPS) is 11.1. The second-order valence-electron chi connectivity index (χ2n) is 6.24. The van der Waals surface area contributed by atoms with Gasteiger partial charge in [-0.3, -0.25) is 4.79 Å². The van der Waals surface area contributed by atoms with Crippen LogP contribution >= 0.6 is 0 Å². The van der Waals surface area contributed by atoms with Crippen LogP contribution in [0, 0.1) is 25.5 Å². The van der Waals surface area contributed by atoms with Gasteiger partial charge >= 0.3 is 5.91 Å². The molecule has 0 atom stereocenters. The maximum absolute atomic E-state index is 13.6. The van der Waals surface area contributed by atoms with Gasteiger partial charge in [-0.1, -0.05) is 18.2 Å². The van der Waals surface area contributed by atoms with E-state index in [0.717, 1.165) is 28.9 Å². The largest absolute Gasteiger partial charge is 0.490 e. The highest BCUT2D eigenvalue weighted by Gasteiger charge is 2.12. The van der Waals surface area contributed by atoms with Crippen molar-refractivity contribution in [3.63, 3.8) is 0 Å². The van der Waals surface area contributed by atoms with E-state index in [-0.39, 0.29) is 12.3 Å². The van der Waals surface area contributed by atoms with E-state index in [1.165, 1.54) is 19.4 Å². The molecule has 1 amide bonds. The number of ether oxygens (including phenoxy) is 1. The number of carbonyl (C=O) groups excluding carboxylic acids is 1. The van der Waals surface area contributed by atoms with Crippen LogP contribution in [0.3, 0.4) is 0 Å². The van der Waals surface area contributed by atoms with Crippen LogP contribution in [0.25, 0.3) is 0 Å². The average Bonchev–Trinajstić information content (AvgIpc) is 2.68. The van der Waals surface area contributed by atoms with E-state index >= 15 is 0 Å². The van der Waals surface area contributed by atoms with Gasteiger partial charge in [-0.15, -0.1) is 0 Å². The van der Waals surface area contributed by atoms with Crippen LogP contribution in [-0.4, -0.2) is 31.3 Å². The zero-order valence-corrected chi connectivity index (χ0v) is 16.1. The third-order valence-corrected chi connectivity index (χ3v) is 4.32. The highest BCUT2D eigenvalue weighted by atomic mass is 19.2. The number of hydrogen-bond donors (Lipinski definition) is 1. The summed E-state index contributed by atoms with van der Waals surface area (Å²) < 4.78 is 31.9. The molecular weight excluding hydrogens is 364 g/mol. The number of anilines is 1. The SMILES string of the molecule is C=NC(=O)/C(=C\N(CNc1cccc(C)c1C)Cc1ccc(F)c(F)c1)OC. The summed E-state index contributed by atoms with van der Waals surface area (Å²) in [5, 5.41) is 3.29. The quantitative estimate of drug-likeness (QED) is 0.320. The van der Waals surface area contributed by atoms with Crippen LogP contribution in [0.4, 0.5) is 14.5 Å². The molecule has 0 spiro atoms. The Bertz CT molecular complexity index is 897. The summed E-state index contributed by atoms with van der Waals surface area (Å²) in [6.45, 7) is 7.73. The van der Waals surface area contributed by atoms with E-state index in [0.29, 0.717) is 12.2 Å². The zero-order valence-electron chi connectivity index (χ0n) is 16.1. The maximum atomic E-state index is 13.6. The molecule has 148 valence electrons. The first kappa shape index (κ1) is 21.1. The average molecular weight is 387 g/mol. The summed E-state index contributed by atoms with van der Waals surface area (Å²) in [7, 11) is 1.35. The van der Waals surface area contributed by atoms with Crippen LogP contribution in [0.2, 0.25) is 0 Å². The molecule has 0 fully saturated rings. The molecule has 0 saturated carbocycles. The number of halogens is 2. The molecule has 0 aliphatic carbocycles. The van der Waals surface area contributed by atoms with Gasteiger partial charge in [0.15, 0.2) is 11.6 Å². The highest BCUT2D eigenvalue weighted by molar-refractivity contribution is 5.94. The third-order valence-electron chi connectivity index (χ3n) is 4.32. The Hall–Kier alpha value is -3.22. The number of carbonyl (C=O) groups is 1. The Labute approximate surface area is 163 Å². The summed E-state index contributed by atoms with van der Waals surface area (Å²) in [6.07, 6.45) is 1.47. The van der Waals surface area contributed by atoms with Gasteiger partial charge < -0.3 is 15.0 Å². The van der Waals surface area contributed by atoms with E-state index in [1.54, 1.807) is 4.90 Å². The first-order valence-electron chi connectivity index (χ1n) is 8.60. The molecule has 28 heavy (non-hydrogen) atoms. The number of aryl methyl sites for hydroxylation is 1. The lowest BCUT2D eigenvalue weighted by Crippen LogP contribution is -2.26. The Balaban J connectivity index is 2.27. The first-order chi connectivity index (χ1) is 13.3. The van der Waals surface area contributed by atoms with Crippen LogP contribution in [-0.2, 0) is 16.1 Å². The molecule has 5 nitrogen and oxygen atoms in total. The van der Waals surface area contributed by atoms with Gasteiger partial charge in [0.05, 0.1) is 13.8 Å². The molecule has 0 aliphatic heterocycles. The molecule has 0 radical (unpaired) electrons. The Morgan fingerprint density at radius 3 is 2.64 bits per heavy atom. The van der Waals surface area contributed by atoms with Crippen molar-refractivity contribution in [3.8, 4) is 0 Å². The van der Waals surface area contributed by atoms with E-state index in [9.17, 15) is 13.6 Å². The van der Waals surface area contributed by atoms with E-state index in [4.69, 9.17) is 4.74 Å². The fraction of sp³-hybridized carbons (Fsp3) is 0.238. The van der Waals surface area contributed by atoms with Crippen LogP contribution in [0.5, 0.6) is 0 Å². The zero-order chi connectivity index (χ0) is 20.7. The topological polar surface area (TPSA) is 53.9 Å². The summed E-state index contributed by atoms with van der Waals surface area (Å²) >= 11 is 0. The lowest BCUT2D eigenvalue weighted by atomic mass is 10.1. The van der Waals surface area contributed by atoms with Crippen molar-refractivity contribution >= 4 is 18.3 Å². The summed E-state index contributed by atoms with van der Waals surface area (Å²) in [5.74, 6) is -2.48. The fourth-order valence-electron chi connectivity index (χ4n) is 2.59. The van der Waals surface area contributed by atoms with Crippen molar-refractivity contribution in [2.24, 2.45) is 4.99 Å². The van der Waals surface area contributed by atoms with E-state index in [2.05, 4.69) is 17.0 Å². The number of benzene rings is 2. The van der Waals surface area contributed by atoms with Crippen molar-refractivity contribution in [2.45, 2.75) is 20.4 Å². The van der Waals surface area contributed by atoms with Crippen LogP contribution in [0.15, 0.2) is 53.3 Å². The van der Waals surface area contributed by atoms with Crippen LogP contribution in [0.1, 0.15) is 16.7 Å². The lowest BCUT2D eigenvalue weighted by molar-refractivity contribution is -0.117. The molecular formula is C21H23F2N3O2. The third kappa shape index (κ3) is 5.39. The second kappa shape index (κ2) is 9.64. The minimum Gasteiger partial charge on any atom is -0.490 e. The second-order valence-corrected chi connectivity index (χ2v) is 6.24.